The minimum Gasteiger partial charge on any atom is -0.368 e. The Hall–Kier alpha value is -2.96. The number of carbonyl (C=O) groups is 1. The Morgan fingerprint density at radius 2 is 1.91 bits per heavy atom. The van der Waals surface area contributed by atoms with Crippen molar-refractivity contribution >= 4 is 63.9 Å². The first kappa shape index (κ1) is 22.8. The van der Waals surface area contributed by atoms with Gasteiger partial charge in [-0.3, -0.25) is 9.69 Å². The lowest BCUT2D eigenvalue weighted by atomic mass is 10.1. The number of fused-ring (bicyclic) bond motifs is 1. The van der Waals surface area contributed by atoms with E-state index in [1.54, 1.807) is 23.1 Å². The number of nitrogens with one attached hydrogen (secondary N) is 2. The van der Waals surface area contributed by atoms with Gasteiger partial charge < -0.3 is 15.5 Å². The number of benzene rings is 2. The number of halogens is 2. The fraction of sp³-hybridized carbons (Fsp3) is 0.208. The fourth-order valence-corrected chi connectivity index (χ4v) is 5.51. The number of para-hydroxylation sites is 1. The number of rotatable bonds is 4. The summed E-state index contributed by atoms with van der Waals surface area (Å²) in [5.41, 5.74) is 3.52. The van der Waals surface area contributed by atoms with Crippen molar-refractivity contribution in [1.29, 1.82) is 0 Å². The molecule has 1 amide bonds. The molecular weight excluding hydrogens is 491 g/mol. The first-order chi connectivity index (χ1) is 16.5. The summed E-state index contributed by atoms with van der Waals surface area (Å²) in [6.45, 7) is 3.70. The van der Waals surface area contributed by atoms with Crippen molar-refractivity contribution in [2.75, 3.05) is 47.2 Å². The lowest BCUT2D eigenvalue weighted by Crippen LogP contribution is -2.43. The van der Waals surface area contributed by atoms with Crippen LogP contribution >= 0.6 is 35.0 Å². The van der Waals surface area contributed by atoms with Crippen molar-refractivity contribution in [3.05, 3.63) is 63.8 Å². The number of hydrogen-bond acceptors (Lipinski definition) is 7. The summed E-state index contributed by atoms with van der Waals surface area (Å²) in [7, 11) is 0. The smallest absolute Gasteiger partial charge is 0.263 e. The zero-order valence-corrected chi connectivity index (χ0v) is 20.3. The Balaban J connectivity index is 1.37. The molecule has 3 heterocycles. The Morgan fingerprint density at radius 1 is 1.15 bits per heavy atom. The zero-order chi connectivity index (χ0) is 23.7. The SMILES string of the molecule is C#Cc1cc(Nc2ncc3c(n2)SCN(c2c(Cl)cccc2Cl)C3=O)ccc1N1CCNCC1. The molecule has 1 fully saturated rings. The molecule has 2 N–H and O–H groups in total. The van der Waals surface area contributed by atoms with Crippen LogP contribution < -0.4 is 20.4 Å². The number of aromatic nitrogens is 2. The van der Waals surface area contributed by atoms with E-state index in [2.05, 4.69) is 31.4 Å². The molecule has 172 valence electrons. The van der Waals surface area contributed by atoms with E-state index in [9.17, 15) is 4.79 Å². The van der Waals surface area contributed by atoms with Gasteiger partial charge >= 0.3 is 0 Å². The maximum absolute atomic E-state index is 13.1. The highest BCUT2D eigenvalue weighted by Gasteiger charge is 2.30. The third-order valence-corrected chi connectivity index (χ3v) is 7.21. The quantitative estimate of drug-likeness (QED) is 0.391. The monoisotopic (exact) mass is 510 g/mol. The molecule has 34 heavy (non-hydrogen) atoms. The number of thioether (sulfide) groups is 1. The normalized spacial score (nSPS) is 15.6. The van der Waals surface area contributed by atoms with Gasteiger partial charge in [-0.05, 0) is 30.3 Å². The summed E-state index contributed by atoms with van der Waals surface area (Å²) in [6, 6.07) is 11.0. The summed E-state index contributed by atoms with van der Waals surface area (Å²) < 4.78 is 0. The Morgan fingerprint density at radius 3 is 2.65 bits per heavy atom. The summed E-state index contributed by atoms with van der Waals surface area (Å²) in [6.07, 6.45) is 7.31. The number of hydrogen-bond donors (Lipinski definition) is 2. The van der Waals surface area contributed by atoms with E-state index in [4.69, 9.17) is 29.6 Å². The molecule has 1 aromatic heterocycles. The van der Waals surface area contributed by atoms with Gasteiger partial charge in [-0.2, -0.15) is 0 Å². The molecular formula is C24H20Cl2N6OS. The van der Waals surface area contributed by atoms with Crippen molar-refractivity contribution in [2.24, 2.45) is 0 Å². The third-order valence-electron chi connectivity index (χ3n) is 5.63. The van der Waals surface area contributed by atoms with E-state index in [1.165, 1.54) is 18.0 Å². The van der Waals surface area contributed by atoms with Crippen LogP contribution in [-0.2, 0) is 0 Å². The number of piperazine rings is 1. The van der Waals surface area contributed by atoms with Crippen LogP contribution in [0.5, 0.6) is 0 Å². The summed E-state index contributed by atoms with van der Waals surface area (Å²) in [4.78, 5) is 25.9. The fourth-order valence-electron chi connectivity index (χ4n) is 3.97. The second kappa shape index (κ2) is 9.72. The zero-order valence-electron chi connectivity index (χ0n) is 18.0. The van der Waals surface area contributed by atoms with Crippen LogP contribution in [0.2, 0.25) is 10.0 Å². The molecule has 3 aromatic rings. The average Bonchev–Trinajstić information content (AvgIpc) is 2.85. The van der Waals surface area contributed by atoms with Gasteiger partial charge in [0.15, 0.2) is 0 Å². The molecule has 0 saturated carbocycles. The van der Waals surface area contributed by atoms with E-state index in [-0.39, 0.29) is 5.91 Å². The first-order valence-electron chi connectivity index (χ1n) is 10.6. The number of anilines is 4. The van der Waals surface area contributed by atoms with E-state index in [0.29, 0.717) is 38.1 Å². The maximum atomic E-state index is 13.1. The van der Waals surface area contributed by atoms with E-state index >= 15 is 0 Å². The van der Waals surface area contributed by atoms with Crippen LogP contribution in [0.4, 0.5) is 23.0 Å². The van der Waals surface area contributed by atoms with Gasteiger partial charge in [0, 0.05) is 43.6 Å². The Bertz CT molecular complexity index is 1280. The van der Waals surface area contributed by atoms with Gasteiger partial charge in [0.1, 0.15) is 5.03 Å². The van der Waals surface area contributed by atoms with Crippen molar-refractivity contribution in [3.63, 3.8) is 0 Å². The first-order valence-corrected chi connectivity index (χ1v) is 12.4. The van der Waals surface area contributed by atoms with E-state index in [0.717, 1.165) is 43.1 Å². The number of nitrogens with zero attached hydrogens (tertiary/aromatic N) is 4. The molecule has 0 spiro atoms. The van der Waals surface area contributed by atoms with Crippen molar-refractivity contribution in [2.45, 2.75) is 5.03 Å². The molecule has 0 aliphatic carbocycles. The van der Waals surface area contributed by atoms with E-state index < -0.39 is 0 Å². The predicted molar refractivity (Wildman–Crippen MR) is 139 cm³/mol. The molecule has 2 aliphatic heterocycles. The van der Waals surface area contributed by atoms with Crippen LogP contribution in [-0.4, -0.2) is 47.9 Å². The number of carbonyl (C=O) groups excluding carboxylic acids is 1. The third kappa shape index (κ3) is 4.40. The van der Waals surface area contributed by atoms with Crippen LogP contribution in [0.3, 0.4) is 0 Å². The number of amides is 1. The predicted octanol–water partition coefficient (Wildman–Crippen LogP) is 4.63. The molecule has 7 nitrogen and oxygen atoms in total. The van der Waals surface area contributed by atoms with Crippen LogP contribution in [0.25, 0.3) is 0 Å². The number of terminal acetylenes is 1. The molecule has 0 unspecified atom stereocenters. The highest BCUT2D eigenvalue weighted by Crippen LogP contribution is 2.39. The minimum absolute atomic E-state index is 0.245. The van der Waals surface area contributed by atoms with Crippen molar-refractivity contribution in [3.8, 4) is 12.3 Å². The topological polar surface area (TPSA) is 73.4 Å². The lowest BCUT2D eigenvalue weighted by molar-refractivity contribution is 0.0985. The summed E-state index contributed by atoms with van der Waals surface area (Å²) in [5, 5.41) is 7.98. The van der Waals surface area contributed by atoms with Gasteiger partial charge in [-0.1, -0.05) is 47.0 Å². The van der Waals surface area contributed by atoms with Crippen molar-refractivity contribution in [1.82, 2.24) is 15.3 Å². The molecule has 2 aliphatic rings. The van der Waals surface area contributed by atoms with Crippen LogP contribution in [0.1, 0.15) is 15.9 Å². The van der Waals surface area contributed by atoms with Crippen molar-refractivity contribution < 1.29 is 4.79 Å². The molecule has 2 aromatic carbocycles. The largest absolute Gasteiger partial charge is 0.368 e. The van der Waals surface area contributed by atoms with Gasteiger partial charge in [0.2, 0.25) is 5.95 Å². The molecule has 0 atom stereocenters. The van der Waals surface area contributed by atoms with E-state index in [1.807, 2.05) is 18.2 Å². The van der Waals surface area contributed by atoms with Gasteiger partial charge in [0.05, 0.1) is 32.9 Å². The second-order valence-corrected chi connectivity index (χ2v) is 9.48. The van der Waals surface area contributed by atoms with Gasteiger partial charge in [-0.15, -0.1) is 6.42 Å². The maximum Gasteiger partial charge on any atom is 0.263 e. The molecule has 0 radical (unpaired) electrons. The molecule has 1 saturated heterocycles. The molecule has 5 rings (SSSR count). The average molecular weight is 511 g/mol. The standard InChI is InChI=1S/C24H20Cl2N6OS/c1-2-15-12-16(6-7-20(15)31-10-8-27-9-11-31)29-24-28-13-17-22(30-24)34-14-32(23(17)33)21-18(25)4-3-5-19(21)26/h1,3-7,12-13,27H,8-11,14H2,(H,28,29,30). The highest BCUT2D eigenvalue weighted by molar-refractivity contribution is 7.99. The lowest BCUT2D eigenvalue weighted by Gasteiger charge is -2.30. The minimum atomic E-state index is -0.245. The summed E-state index contributed by atoms with van der Waals surface area (Å²) in [5.74, 6) is 3.27. The second-order valence-electron chi connectivity index (χ2n) is 7.73. The van der Waals surface area contributed by atoms with Crippen LogP contribution in [0.15, 0.2) is 47.6 Å². The highest BCUT2D eigenvalue weighted by atomic mass is 35.5. The Kier molecular flexibility index (Phi) is 6.53. The summed E-state index contributed by atoms with van der Waals surface area (Å²) >= 11 is 14.0. The molecule has 10 heteroatoms. The van der Waals surface area contributed by atoms with Crippen LogP contribution in [0, 0.1) is 12.3 Å². The molecule has 0 bridgehead atoms. The van der Waals surface area contributed by atoms with Gasteiger partial charge in [0.25, 0.3) is 5.91 Å². The van der Waals surface area contributed by atoms with Gasteiger partial charge in [-0.25, -0.2) is 9.97 Å². The Labute approximate surface area is 211 Å².